The zero-order valence-electron chi connectivity index (χ0n) is 9.84. The summed E-state index contributed by atoms with van der Waals surface area (Å²) in [6, 6.07) is 0. The second-order valence-electron chi connectivity index (χ2n) is 5.88. The summed E-state index contributed by atoms with van der Waals surface area (Å²) >= 11 is 0. The largest absolute Gasteiger partial charge is 0.396 e. The highest BCUT2D eigenvalue weighted by atomic mass is 16.3. The van der Waals surface area contributed by atoms with Gasteiger partial charge in [-0.25, -0.2) is 0 Å². The van der Waals surface area contributed by atoms with Crippen LogP contribution >= 0.6 is 0 Å². The number of aliphatic hydroxyl groups is 2. The average molecular weight is 212 g/mol. The predicted octanol–water partition coefficient (Wildman–Crippen LogP) is 2.48. The fourth-order valence-corrected chi connectivity index (χ4v) is 3.86. The van der Waals surface area contributed by atoms with Crippen LogP contribution in [-0.4, -0.2) is 22.4 Å². The molecule has 2 fully saturated rings. The summed E-state index contributed by atoms with van der Waals surface area (Å²) in [7, 11) is 0. The molecule has 2 nitrogen and oxygen atoms in total. The van der Waals surface area contributed by atoms with Crippen LogP contribution in [-0.2, 0) is 0 Å². The smallest absolute Gasteiger partial charge is 0.0725 e. The van der Waals surface area contributed by atoms with E-state index in [1.54, 1.807) is 0 Å². The molecule has 0 spiro atoms. The maximum absolute atomic E-state index is 10.7. The Morgan fingerprint density at radius 3 is 2.33 bits per heavy atom. The van der Waals surface area contributed by atoms with Gasteiger partial charge in [-0.3, -0.25) is 0 Å². The standard InChI is InChI=1S/C13H24O2/c1-11-5-4-6-12(9-11,10-14)13(15)7-2-3-8-13/h11,14-15H,2-10H2,1H3. The van der Waals surface area contributed by atoms with Crippen molar-refractivity contribution in [3.63, 3.8) is 0 Å². The van der Waals surface area contributed by atoms with E-state index in [4.69, 9.17) is 0 Å². The van der Waals surface area contributed by atoms with Gasteiger partial charge in [0, 0.05) is 5.41 Å². The molecule has 15 heavy (non-hydrogen) atoms. The van der Waals surface area contributed by atoms with Gasteiger partial charge in [-0.05, 0) is 31.6 Å². The van der Waals surface area contributed by atoms with Crippen molar-refractivity contribution in [1.29, 1.82) is 0 Å². The van der Waals surface area contributed by atoms with E-state index in [-0.39, 0.29) is 12.0 Å². The van der Waals surface area contributed by atoms with Gasteiger partial charge in [0.2, 0.25) is 0 Å². The second-order valence-corrected chi connectivity index (χ2v) is 5.88. The van der Waals surface area contributed by atoms with E-state index >= 15 is 0 Å². The molecule has 0 aromatic rings. The minimum atomic E-state index is -0.559. The number of rotatable bonds is 2. The highest BCUT2D eigenvalue weighted by molar-refractivity contribution is 5.03. The normalized spacial score (nSPS) is 40.6. The molecule has 0 aromatic heterocycles. The van der Waals surface area contributed by atoms with Crippen LogP contribution in [0.3, 0.4) is 0 Å². The predicted molar refractivity (Wildman–Crippen MR) is 60.6 cm³/mol. The Hall–Kier alpha value is -0.0800. The first kappa shape index (κ1) is 11.4. The minimum Gasteiger partial charge on any atom is -0.396 e. The molecule has 0 amide bonds. The molecular formula is C13H24O2. The first-order chi connectivity index (χ1) is 7.12. The van der Waals surface area contributed by atoms with Gasteiger partial charge in [-0.1, -0.05) is 32.6 Å². The number of hydrogen-bond donors (Lipinski definition) is 2. The molecule has 2 saturated carbocycles. The molecule has 0 radical (unpaired) electrons. The van der Waals surface area contributed by atoms with Crippen molar-refractivity contribution < 1.29 is 10.2 Å². The van der Waals surface area contributed by atoms with Crippen LogP contribution in [0.15, 0.2) is 0 Å². The van der Waals surface area contributed by atoms with Crippen molar-refractivity contribution >= 4 is 0 Å². The van der Waals surface area contributed by atoms with Crippen molar-refractivity contribution in [2.45, 2.75) is 63.9 Å². The van der Waals surface area contributed by atoms with E-state index < -0.39 is 5.60 Å². The molecule has 2 aliphatic rings. The summed E-state index contributed by atoms with van der Waals surface area (Å²) in [6.45, 7) is 2.43. The van der Waals surface area contributed by atoms with Crippen LogP contribution in [0.1, 0.15) is 58.3 Å². The van der Waals surface area contributed by atoms with Crippen molar-refractivity contribution in [1.82, 2.24) is 0 Å². The molecular weight excluding hydrogens is 188 g/mol. The Kier molecular flexibility index (Phi) is 3.09. The van der Waals surface area contributed by atoms with Gasteiger partial charge >= 0.3 is 0 Å². The summed E-state index contributed by atoms with van der Waals surface area (Å²) in [6.07, 6.45) is 8.53. The zero-order chi connectivity index (χ0) is 10.9. The topological polar surface area (TPSA) is 40.5 Å². The molecule has 0 aromatic carbocycles. The maximum atomic E-state index is 10.7. The van der Waals surface area contributed by atoms with Crippen molar-refractivity contribution in [2.24, 2.45) is 11.3 Å². The van der Waals surface area contributed by atoms with E-state index in [0.717, 1.165) is 38.5 Å². The lowest BCUT2D eigenvalue weighted by Gasteiger charge is -2.48. The number of aliphatic hydroxyl groups excluding tert-OH is 1. The quantitative estimate of drug-likeness (QED) is 0.738. The minimum absolute atomic E-state index is 0.174. The van der Waals surface area contributed by atoms with Crippen LogP contribution in [0.4, 0.5) is 0 Å². The molecule has 0 heterocycles. The third kappa shape index (κ3) is 1.83. The first-order valence-electron chi connectivity index (χ1n) is 6.45. The Morgan fingerprint density at radius 2 is 1.80 bits per heavy atom. The molecule has 0 aliphatic heterocycles. The Labute approximate surface area is 92.7 Å². The third-order valence-corrected chi connectivity index (χ3v) is 4.81. The van der Waals surface area contributed by atoms with Gasteiger partial charge in [0.1, 0.15) is 0 Å². The van der Waals surface area contributed by atoms with Gasteiger partial charge < -0.3 is 10.2 Å². The Balaban J connectivity index is 2.19. The summed E-state index contributed by atoms with van der Waals surface area (Å²) in [5, 5.41) is 20.4. The van der Waals surface area contributed by atoms with Gasteiger partial charge in [-0.2, -0.15) is 0 Å². The lowest BCUT2D eigenvalue weighted by molar-refractivity contribution is -0.131. The van der Waals surface area contributed by atoms with Crippen molar-refractivity contribution in [3.05, 3.63) is 0 Å². The fourth-order valence-electron chi connectivity index (χ4n) is 3.86. The average Bonchev–Trinajstić information content (AvgIpc) is 2.66. The third-order valence-electron chi connectivity index (χ3n) is 4.81. The molecule has 88 valence electrons. The Morgan fingerprint density at radius 1 is 1.13 bits per heavy atom. The molecule has 2 atom stereocenters. The summed E-state index contributed by atoms with van der Waals surface area (Å²) in [5.74, 6) is 0.663. The molecule has 2 N–H and O–H groups in total. The van der Waals surface area contributed by atoms with Gasteiger partial charge in [-0.15, -0.1) is 0 Å². The SMILES string of the molecule is CC1CCCC(CO)(C2(O)CCCC2)C1. The Bertz CT molecular complexity index is 221. The van der Waals surface area contributed by atoms with Crippen molar-refractivity contribution in [3.8, 4) is 0 Å². The van der Waals surface area contributed by atoms with Crippen LogP contribution in [0, 0.1) is 11.3 Å². The monoisotopic (exact) mass is 212 g/mol. The van der Waals surface area contributed by atoms with Crippen molar-refractivity contribution in [2.75, 3.05) is 6.61 Å². The lowest BCUT2D eigenvalue weighted by atomic mass is 9.60. The molecule has 2 heteroatoms. The summed E-state index contributed by atoms with van der Waals surface area (Å²) < 4.78 is 0. The maximum Gasteiger partial charge on any atom is 0.0725 e. The van der Waals surface area contributed by atoms with E-state index in [9.17, 15) is 10.2 Å². The summed E-state index contributed by atoms with van der Waals surface area (Å²) in [4.78, 5) is 0. The molecule has 2 unspecified atom stereocenters. The van der Waals surface area contributed by atoms with E-state index in [1.807, 2.05) is 0 Å². The summed E-state index contributed by atoms with van der Waals surface area (Å²) in [5.41, 5.74) is -0.738. The van der Waals surface area contributed by atoms with Crippen LogP contribution in [0.5, 0.6) is 0 Å². The van der Waals surface area contributed by atoms with Gasteiger partial charge in [0.25, 0.3) is 0 Å². The van der Waals surface area contributed by atoms with E-state index in [0.29, 0.717) is 5.92 Å². The van der Waals surface area contributed by atoms with Gasteiger partial charge in [0.15, 0.2) is 0 Å². The van der Waals surface area contributed by atoms with Crippen LogP contribution in [0.25, 0.3) is 0 Å². The highest BCUT2D eigenvalue weighted by Crippen LogP contribution is 2.52. The molecule has 2 rings (SSSR count). The second kappa shape index (κ2) is 4.06. The first-order valence-corrected chi connectivity index (χ1v) is 6.45. The lowest BCUT2D eigenvalue weighted by Crippen LogP contribution is -2.51. The molecule has 0 saturated heterocycles. The fraction of sp³-hybridized carbons (Fsp3) is 1.00. The van der Waals surface area contributed by atoms with E-state index in [2.05, 4.69) is 6.92 Å². The molecule has 0 bridgehead atoms. The van der Waals surface area contributed by atoms with Gasteiger partial charge in [0.05, 0.1) is 12.2 Å². The van der Waals surface area contributed by atoms with E-state index in [1.165, 1.54) is 12.8 Å². The van der Waals surface area contributed by atoms with Crippen LogP contribution < -0.4 is 0 Å². The zero-order valence-corrected chi connectivity index (χ0v) is 9.84. The highest BCUT2D eigenvalue weighted by Gasteiger charge is 2.52. The van der Waals surface area contributed by atoms with Crippen LogP contribution in [0.2, 0.25) is 0 Å². The molecule has 2 aliphatic carbocycles. The number of hydrogen-bond acceptors (Lipinski definition) is 2.